The molecule has 1 aromatic rings. The summed E-state index contributed by atoms with van der Waals surface area (Å²) >= 11 is 5.18. The standard InChI is InChI=1S/C14H22BrN3OS.HI/c1-2-16-14(17-8-13-7-10(15)9-20-13)18-11-3-5-12(19)6-4-11;/h7,9,11-12,19H,2-6,8H2,1H3,(H2,16,17,18);1H. The fourth-order valence-electron chi connectivity index (χ4n) is 2.33. The minimum absolute atomic E-state index is 0. The van der Waals surface area contributed by atoms with Crippen LogP contribution in [0.4, 0.5) is 0 Å². The molecule has 0 atom stereocenters. The summed E-state index contributed by atoms with van der Waals surface area (Å²) in [7, 11) is 0. The summed E-state index contributed by atoms with van der Waals surface area (Å²) in [6, 6.07) is 2.53. The highest BCUT2D eigenvalue weighted by Gasteiger charge is 2.19. The minimum Gasteiger partial charge on any atom is -0.393 e. The average Bonchev–Trinajstić information content (AvgIpc) is 2.85. The fraction of sp³-hybridized carbons (Fsp3) is 0.643. The summed E-state index contributed by atoms with van der Waals surface area (Å²) in [5.41, 5.74) is 0. The van der Waals surface area contributed by atoms with Gasteiger partial charge in [0.15, 0.2) is 5.96 Å². The van der Waals surface area contributed by atoms with Crippen LogP contribution in [0, 0.1) is 0 Å². The molecule has 0 saturated heterocycles. The molecule has 7 heteroatoms. The van der Waals surface area contributed by atoms with Gasteiger partial charge in [0.25, 0.3) is 0 Å². The largest absolute Gasteiger partial charge is 0.393 e. The zero-order chi connectivity index (χ0) is 14.4. The lowest BCUT2D eigenvalue weighted by Gasteiger charge is -2.27. The van der Waals surface area contributed by atoms with Crippen LogP contribution in [0.1, 0.15) is 37.5 Å². The van der Waals surface area contributed by atoms with E-state index in [1.807, 2.05) is 0 Å². The van der Waals surface area contributed by atoms with E-state index in [0.29, 0.717) is 12.6 Å². The lowest BCUT2D eigenvalue weighted by molar-refractivity contribution is 0.120. The second kappa shape index (κ2) is 10.0. The molecule has 21 heavy (non-hydrogen) atoms. The van der Waals surface area contributed by atoms with E-state index in [2.05, 4.69) is 49.9 Å². The van der Waals surface area contributed by atoms with Crippen molar-refractivity contribution in [2.45, 2.75) is 51.3 Å². The molecule has 0 spiro atoms. The number of aliphatic hydroxyl groups is 1. The van der Waals surface area contributed by atoms with Gasteiger partial charge in [-0.05, 0) is 54.6 Å². The number of nitrogens with one attached hydrogen (secondary N) is 2. The van der Waals surface area contributed by atoms with Gasteiger partial charge in [-0.25, -0.2) is 4.99 Å². The molecule has 1 aromatic heterocycles. The first kappa shape index (κ1) is 19.2. The van der Waals surface area contributed by atoms with E-state index in [1.165, 1.54) is 4.88 Å². The van der Waals surface area contributed by atoms with E-state index in [1.54, 1.807) is 11.3 Å². The number of rotatable bonds is 4. The van der Waals surface area contributed by atoms with Crippen LogP contribution < -0.4 is 10.6 Å². The summed E-state index contributed by atoms with van der Waals surface area (Å²) in [6.45, 7) is 3.62. The maximum atomic E-state index is 9.54. The van der Waals surface area contributed by atoms with E-state index in [4.69, 9.17) is 0 Å². The predicted molar refractivity (Wildman–Crippen MR) is 104 cm³/mol. The first-order chi connectivity index (χ1) is 9.67. The Kier molecular flexibility index (Phi) is 9.15. The maximum Gasteiger partial charge on any atom is 0.191 e. The molecule has 4 nitrogen and oxygen atoms in total. The number of aliphatic imine (C=N–C) groups is 1. The van der Waals surface area contributed by atoms with Crippen LogP contribution in [0.5, 0.6) is 0 Å². The third-order valence-corrected chi connectivity index (χ3v) is 5.08. The average molecular weight is 488 g/mol. The van der Waals surface area contributed by atoms with E-state index >= 15 is 0 Å². The highest BCUT2D eigenvalue weighted by atomic mass is 127. The zero-order valence-electron chi connectivity index (χ0n) is 12.1. The number of thiophene rings is 1. The summed E-state index contributed by atoms with van der Waals surface area (Å²) in [5.74, 6) is 0.874. The molecular formula is C14H23BrIN3OS. The van der Waals surface area contributed by atoms with E-state index in [0.717, 1.165) is 42.7 Å². The van der Waals surface area contributed by atoms with Crippen LogP contribution in [0.2, 0.25) is 0 Å². The van der Waals surface area contributed by atoms with Crippen molar-refractivity contribution in [3.63, 3.8) is 0 Å². The van der Waals surface area contributed by atoms with Crippen molar-refractivity contribution in [2.24, 2.45) is 4.99 Å². The van der Waals surface area contributed by atoms with E-state index < -0.39 is 0 Å². The molecular weight excluding hydrogens is 465 g/mol. The summed E-state index contributed by atoms with van der Waals surface area (Å²) in [5, 5.41) is 18.4. The smallest absolute Gasteiger partial charge is 0.191 e. The number of guanidine groups is 1. The molecule has 0 radical (unpaired) electrons. The Hall–Kier alpha value is 0.140. The number of nitrogens with zero attached hydrogens (tertiary/aromatic N) is 1. The summed E-state index contributed by atoms with van der Waals surface area (Å²) in [6.07, 6.45) is 3.67. The van der Waals surface area contributed by atoms with Crippen LogP contribution in [0.15, 0.2) is 20.9 Å². The minimum atomic E-state index is -0.115. The molecule has 2 rings (SSSR count). The van der Waals surface area contributed by atoms with Crippen molar-refractivity contribution < 1.29 is 5.11 Å². The third kappa shape index (κ3) is 6.83. The van der Waals surface area contributed by atoms with Crippen molar-refractivity contribution in [2.75, 3.05) is 6.54 Å². The van der Waals surface area contributed by atoms with Crippen LogP contribution in [0.25, 0.3) is 0 Å². The molecule has 1 saturated carbocycles. The zero-order valence-corrected chi connectivity index (χ0v) is 16.9. The molecule has 1 aliphatic rings. The molecule has 0 amide bonds. The molecule has 0 aromatic carbocycles. The maximum absolute atomic E-state index is 9.54. The van der Waals surface area contributed by atoms with Gasteiger partial charge in [0.1, 0.15) is 0 Å². The van der Waals surface area contributed by atoms with Crippen LogP contribution >= 0.6 is 51.2 Å². The third-order valence-electron chi connectivity index (χ3n) is 3.40. The van der Waals surface area contributed by atoms with Crippen LogP contribution in [0.3, 0.4) is 0 Å². The number of hydrogen-bond donors (Lipinski definition) is 3. The molecule has 1 aliphatic carbocycles. The topological polar surface area (TPSA) is 56.7 Å². The number of halogens is 2. The van der Waals surface area contributed by atoms with Crippen molar-refractivity contribution >= 4 is 57.2 Å². The van der Waals surface area contributed by atoms with Crippen molar-refractivity contribution in [3.05, 3.63) is 20.8 Å². The second-order valence-corrected chi connectivity index (χ2v) is 6.99. The Labute approximate surface area is 156 Å². The number of aliphatic hydroxyl groups excluding tert-OH is 1. The lowest BCUT2D eigenvalue weighted by atomic mass is 9.93. The monoisotopic (exact) mass is 487 g/mol. The Balaban J connectivity index is 0.00000220. The van der Waals surface area contributed by atoms with E-state index in [-0.39, 0.29) is 30.1 Å². The van der Waals surface area contributed by atoms with Gasteiger partial charge in [0.05, 0.1) is 12.6 Å². The van der Waals surface area contributed by atoms with Gasteiger partial charge in [-0.15, -0.1) is 35.3 Å². The van der Waals surface area contributed by atoms with Crippen LogP contribution in [-0.4, -0.2) is 29.8 Å². The highest BCUT2D eigenvalue weighted by molar-refractivity contribution is 14.0. The molecule has 1 fully saturated rings. The normalized spacial score (nSPS) is 22.5. The Bertz CT molecular complexity index is 447. The summed E-state index contributed by atoms with van der Waals surface area (Å²) < 4.78 is 1.12. The quantitative estimate of drug-likeness (QED) is 0.346. The van der Waals surface area contributed by atoms with Crippen molar-refractivity contribution in [3.8, 4) is 0 Å². The number of hydrogen-bond acceptors (Lipinski definition) is 3. The first-order valence-corrected chi connectivity index (χ1v) is 8.80. The molecule has 3 N–H and O–H groups in total. The van der Waals surface area contributed by atoms with Gasteiger partial charge in [-0.1, -0.05) is 0 Å². The second-order valence-electron chi connectivity index (χ2n) is 5.08. The molecule has 1 heterocycles. The molecule has 0 unspecified atom stereocenters. The van der Waals surface area contributed by atoms with Crippen molar-refractivity contribution in [1.29, 1.82) is 0 Å². The van der Waals surface area contributed by atoms with Crippen LogP contribution in [-0.2, 0) is 6.54 Å². The van der Waals surface area contributed by atoms with Gasteiger partial charge in [0, 0.05) is 27.3 Å². The molecule has 0 aliphatic heterocycles. The fourth-order valence-corrected chi connectivity index (χ4v) is 3.70. The summed E-state index contributed by atoms with van der Waals surface area (Å²) in [4.78, 5) is 5.88. The highest BCUT2D eigenvalue weighted by Crippen LogP contribution is 2.20. The molecule has 0 bridgehead atoms. The van der Waals surface area contributed by atoms with Gasteiger partial charge in [-0.3, -0.25) is 0 Å². The van der Waals surface area contributed by atoms with Gasteiger partial charge in [-0.2, -0.15) is 0 Å². The first-order valence-electron chi connectivity index (χ1n) is 7.13. The van der Waals surface area contributed by atoms with Gasteiger partial charge in [0.2, 0.25) is 0 Å². The Morgan fingerprint density at radius 1 is 1.43 bits per heavy atom. The lowest BCUT2D eigenvalue weighted by Crippen LogP contribution is -2.45. The van der Waals surface area contributed by atoms with Crippen molar-refractivity contribution in [1.82, 2.24) is 10.6 Å². The molecule has 120 valence electrons. The van der Waals surface area contributed by atoms with Gasteiger partial charge < -0.3 is 15.7 Å². The Morgan fingerprint density at radius 3 is 2.71 bits per heavy atom. The predicted octanol–water partition coefficient (Wildman–Crippen LogP) is 3.49. The Morgan fingerprint density at radius 2 is 2.14 bits per heavy atom. The van der Waals surface area contributed by atoms with Gasteiger partial charge >= 0.3 is 0 Å². The SMILES string of the molecule is CCNC(=NCc1cc(Br)cs1)NC1CCC(O)CC1.I. The van der Waals surface area contributed by atoms with E-state index in [9.17, 15) is 5.11 Å².